The van der Waals surface area contributed by atoms with Crippen molar-refractivity contribution >= 4 is 21.6 Å². The van der Waals surface area contributed by atoms with E-state index in [1.807, 2.05) is 37.3 Å². The number of hydrogen-bond acceptors (Lipinski definition) is 5. The Bertz CT molecular complexity index is 929. The van der Waals surface area contributed by atoms with Gasteiger partial charge in [-0.15, -0.1) is 0 Å². The topological polar surface area (TPSA) is 84.9 Å². The first-order chi connectivity index (χ1) is 13.2. The van der Waals surface area contributed by atoms with Gasteiger partial charge < -0.3 is 14.8 Å². The molecule has 8 heteroatoms. The maximum absolute atomic E-state index is 13.0. The van der Waals surface area contributed by atoms with E-state index in [1.54, 1.807) is 6.92 Å². The highest BCUT2D eigenvalue weighted by molar-refractivity contribution is 7.92. The SMILES string of the molecule is CCN(c1cc(OC)c(OC)cc1C(=O)N[C@H](C)c1ccccc1)S(C)(=O)=O. The molecule has 2 aromatic carbocycles. The third-order valence-corrected chi connectivity index (χ3v) is 5.61. The normalized spacial score (nSPS) is 12.2. The van der Waals surface area contributed by atoms with Crippen molar-refractivity contribution in [3.05, 3.63) is 53.6 Å². The number of nitrogens with zero attached hydrogens (tertiary/aromatic N) is 1. The highest BCUT2D eigenvalue weighted by Crippen LogP contribution is 2.36. The van der Waals surface area contributed by atoms with Crippen LogP contribution < -0.4 is 19.1 Å². The lowest BCUT2D eigenvalue weighted by molar-refractivity contribution is 0.0940. The van der Waals surface area contributed by atoms with Crippen LogP contribution in [0.5, 0.6) is 11.5 Å². The summed E-state index contributed by atoms with van der Waals surface area (Å²) < 4.78 is 36.3. The number of rotatable bonds is 8. The van der Waals surface area contributed by atoms with Crippen molar-refractivity contribution in [1.82, 2.24) is 5.32 Å². The van der Waals surface area contributed by atoms with Gasteiger partial charge in [0.2, 0.25) is 10.0 Å². The average molecular weight is 407 g/mol. The average Bonchev–Trinajstić information content (AvgIpc) is 2.67. The fourth-order valence-corrected chi connectivity index (χ4v) is 3.92. The fourth-order valence-electron chi connectivity index (χ4n) is 2.94. The van der Waals surface area contributed by atoms with E-state index >= 15 is 0 Å². The molecular formula is C20H26N2O5S. The Kier molecular flexibility index (Phi) is 6.90. The molecule has 0 aliphatic rings. The van der Waals surface area contributed by atoms with Gasteiger partial charge in [0.05, 0.1) is 37.8 Å². The molecule has 0 bridgehead atoms. The van der Waals surface area contributed by atoms with Crippen LogP contribution in [0.1, 0.15) is 35.8 Å². The number of amides is 1. The van der Waals surface area contributed by atoms with Crippen LogP contribution >= 0.6 is 0 Å². The number of benzene rings is 2. The molecule has 0 spiro atoms. The summed E-state index contributed by atoms with van der Waals surface area (Å²) in [6.07, 6.45) is 1.10. The molecule has 0 aromatic heterocycles. The monoisotopic (exact) mass is 406 g/mol. The molecule has 1 N–H and O–H groups in total. The van der Waals surface area contributed by atoms with E-state index in [1.165, 1.54) is 26.4 Å². The van der Waals surface area contributed by atoms with E-state index in [9.17, 15) is 13.2 Å². The van der Waals surface area contributed by atoms with Crippen molar-refractivity contribution in [3.63, 3.8) is 0 Å². The number of sulfonamides is 1. The molecule has 28 heavy (non-hydrogen) atoms. The third kappa shape index (κ3) is 4.75. The molecule has 0 fully saturated rings. The molecule has 1 atom stereocenters. The van der Waals surface area contributed by atoms with E-state index in [-0.39, 0.29) is 23.8 Å². The van der Waals surface area contributed by atoms with E-state index in [0.717, 1.165) is 16.1 Å². The zero-order valence-electron chi connectivity index (χ0n) is 16.7. The molecule has 0 radical (unpaired) electrons. The zero-order valence-corrected chi connectivity index (χ0v) is 17.5. The Morgan fingerprint density at radius 3 is 2.18 bits per heavy atom. The summed E-state index contributed by atoms with van der Waals surface area (Å²) in [5.74, 6) is 0.273. The lowest BCUT2D eigenvalue weighted by atomic mass is 10.1. The standard InChI is InChI=1S/C20H26N2O5S/c1-6-22(28(5,24)25)17-13-19(27-4)18(26-3)12-16(17)20(23)21-14(2)15-10-8-7-9-11-15/h7-14H,6H2,1-5H3,(H,21,23)/t14-/m1/s1. The predicted molar refractivity (Wildman–Crippen MR) is 110 cm³/mol. The Balaban J connectivity index is 2.52. The maximum Gasteiger partial charge on any atom is 0.254 e. The Morgan fingerprint density at radius 2 is 1.68 bits per heavy atom. The predicted octanol–water partition coefficient (Wildman–Crippen LogP) is 2.98. The lowest BCUT2D eigenvalue weighted by Crippen LogP contribution is -2.33. The van der Waals surface area contributed by atoms with Gasteiger partial charge in [0.1, 0.15) is 0 Å². The molecule has 0 saturated heterocycles. The highest BCUT2D eigenvalue weighted by Gasteiger charge is 2.26. The molecule has 0 aliphatic heterocycles. The van der Waals surface area contributed by atoms with Gasteiger partial charge in [0.25, 0.3) is 5.91 Å². The Labute approximate surface area is 166 Å². The van der Waals surface area contributed by atoms with Gasteiger partial charge in [0, 0.05) is 12.6 Å². The Morgan fingerprint density at radius 1 is 1.11 bits per heavy atom. The smallest absolute Gasteiger partial charge is 0.254 e. The molecule has 1 amide bonds. The van der Waals surface area contributed by atoms with Gasteiger partial charge >= 0.3 is 0 Å². The first-order valence-corrected chi connectivity index (χ1v) is 10.7. The first kappa shape index (κ1) is 21.6. The van der Waals surface area contributed by atoms with Crippen LogP contribution in [-0.2, 0) is 10.0 Å². The molecule has 0 saturated carbocycles. The van der Waals surface area contributed by atoms with Gasteiger partial charge in [-0.2, -0.15) is 0 Å². The number of nitrogens with one attached hydrogen (secondary N) is 1. The van der Waals surface area contributed by atoms with E-state index in [0.29, 0.717) is 11.5 Å². The minimum atomic E-state index is -3.59. The van der Waals surface area contributed by atoms with Gasteiger partial charge in [-0.05, 0) is 25.5 Å². The molecule has 2 rings (SSSR count). The number of anilines is 1. The zero-order chi connectivity index (χ0) is 20.9. The summed E-state index contributed by atoms with van der Waals surface area (Å²) in [5.41, 5.74) is 1.36. The molecule has 152 valence electrons. The van der Waals surface area contributed by atoms with Crippen LogP contribution in [0.25, 0.3) is 0 Å². The second-order valence-electron chi connectivity index (χ2n) is 6.26. The second-order valence-corrected chi connectivity index (χ2v) is 8.16. The molecule has 0 unspecified atom stereocenters. The second kappa shape index (κ2) is 8.97. The van der Waals surface area contributed by atoms with Crippen LogP contribution in [0.2, 0.25) is 0 Å². The van der Waals surface area contributed by atoms with Crippen molar-refractivity contribution in [1.29, 1.82) is 0 Å². The van der Waals surface area contributed by atoms with E-state index in [4.69, 9.17) is 9.47 Å². The number of ether oxygens (including phenoxy) is 2. The summed E-state index contributed by atoms with van der Waals surface area (Å²) in [4.78, 5) is 13.0. The third-order valence-electron chi connectivity index (χ3n) is 4.35. The highest BCUT2D eigenvalue weighted by atomic mass is 32.2. The lowest BCUT2D eigenvalue weighted by Gasteiger charge is -2.25. The van der Waals surface area contributed by atoms with Crippen LogP contribution in [0.15, 0.2) is 42.5 Å². The van der Waals surface area contributed by atoms with Gasteiger partial charge in [0.15, 0.2) is 11.5 Å². The largest absolute Gasteiger partial charge is 0.493 e. The van der Waals surface area contributed by atoms with Crippen LogP contribution in [0, 0.1) is 0 Å². The van der Waals surface area contributed by atoms with E-state index in [2.05, 4.69) is 5.32 Å². The first-order valence-electron chi connectivity index (χ1n) is 8.82. The molecule has 7 nitrogen and oxygen atoms in total. The number of carbonyl (C=O) groups excluding carboxylic acids is 1. The van der Waals surface area contributed by atoms with Crippen molar-refractivity contribution in [2.45, 2.75) is 19.9 Å². The van der Waals surface area contributed by atoms with Gasteiger partial charge in [-0.3, -0.25) is 9.10 Å². The van der Waals surface area contributed by atoms with Crippen LogP contribution in [-0.4, -0.2) is 41.3 Å². The van der Waals surface area contributed by atoms with Crippen LogP contribution in [0.4, 0.5) is 5.69 Å². The van der Waals surface area contributed by atoms with Crippen molar-refractivity contribution < 1.29 is 22.7 Å². The quantitative estimate of drug-likeness (QED) is 0.728. The number of carbonyl (C=O) groups is 1. The maximum atomic E-state index is 13.0. The summed E-state index contributed by atoms with van der Waals surface area (Å²) in [5, 5.41) is 2.92. The minimum Gasteiger partial charge on any atom is -0.493 e. The minimum absolute atomic E-state index is 0.169. The van der Waals surface area contributed by atoms with Crippen molar-refractivity contribution in [3.8, 4) is 11.5 Å². The number of hydrogen-bond donors (Lipinski definition) is 1. The van der Waals surface area contributed by atoms with Crippen molar-refractivity contribution in [2.75, 3.05) is 31.3 Å². The molecule has 2 aromatic rings. The summed E-state index contributed by atoms with van der Waals surface area (Å²) in [7, 11) is -0.680. The molecule has 0 heterocycles. The van der Waals surface area contributed by atoms with Crippen molar-refractivity contribution in [2.24, 2.45) is 0 Å². The summed E-state index contributed by atoms with van der Waals surface area (Å²) in [6, 6.07) is 12.2. The summed E-state index contributed by atoms with van der Waals surface area (Å²) in [6.45, 7) is 3.73. The summed E-state index contributed by atoms with van der Waals surface area (Å²) >= 11 is 0. The fraction of sp³-hybridized carbons (Fsp3) is 0.350. The molecule has 0 aliphatic carbocycles. The molecular weight excluding hydrogens is 380 g/mol. The van der Waals surface area contributed by atoms with Crippen LogP contribution in [0.3, 0.4) is 0 Å². The number of methoxy groups -OCH3 is 2. The van der Waals surface area contributed by atoms with Gasteiger partial charge in [-0.1, -0.05) is 30.3 Å². The van der Waals surface area contributed by atoms with E-state index < -0.39 is 15.9 Å². The Hall–Kier alpha value is -2.74. The van der Waals surface area contributed by atoms with Gasteiger partial charge in [-0.25, -0.2) is 8.42 Å².